The Kier molecular flexibility index (Phi) is 2.19. The average molecular weight is 171 g/mol. The Labute approximate surface area is 71.3 Å². The van der Waals surface area contributed by atoms with Gasteiger partial charge in [-0.1, -0.05) is 0 Å². The zero-order valence-corrected chi connectivity index (χ0v) is 7.50. The second-order valence-electron chi connectivity index (χ2n) is 3.74. The van der Waals surface area contributed by atoms with Gasteiger partial charge < -0.3 is 9.84 Å². The summed E-state index contributed by atoms with van der Waals surface area (Å²) in [4.78, 5) is 14.9. The van der Waals surface area contributed by atoms with E-state index in [-0.39, 0.29) is 5.71 Å². The van der Waals surface area contributed by atoms with Crippen LogP contribution in [0.15, 0.2) is 4.99 Å². The molecule has 0 aliphatic carbocycles. The minimum atomic E-state index is -0.722. The van der Waals surface area contributed by atoms with Gasteiger partial charge in [-0.2, -0.15) is 0 Å². The molecule has 68 valence electrons. The molecule has 0 aromatic rings. The highest BCUT2D eigenvalue weighted by Crippen LogP contribution is 2.11. The number of hydrogen-bond donors (Lipinski definition) is 1. The van der Waals surface area contributed by atoms with Gasteiger partial charge in [-0.25, -0.2) is 4.79 Å². The quantitative estimate of drug-likeness (QED) is 0.571. The molecular weight excluding hydrogens is 158 g/mol. The Balaban J connectivity index is 2.51. The number of esters is 1. The molecule has 1 rings (SSSR count). The SMILES string of the molecule is CC(C)(C)OC(=O)C1=NCC1O. The van der Waals surface area contributed by atoms with Crippen LogP contribution < -0.4 is 0 Å². The van der Waals surface area contributed by atoms with Crippen molar-refractivity contribution < 1.29 is 14.6 Å². The largest absolute Gasteiger partial charge is 0.455 e. The van der Waals surface area contributed by atoms with E-state index in [2.05, 4.69) is 4.99 Å². The molecule has 1 N–H and O–H groups in total. The summed E-state index contributed by atoms with van der Waals surface area (Å²) >= 11 is 0. The van der Waals surface area contributed by atoms with E-state index in [4.69, 9.17) is 9.84 Å². The van der Waals surface area contributed by atoms with E-state index in [0.717, 1.165) is 0 Å². The zero-order valence-electron chi connectivity index (χ0n) is 7.50. The fourth-order valence-electron chi connectivity index (χ4n) is 0.795. The number of nitrogens with zero attached hydrogens (tertiary/aromatic N) is 1. The lowest BCUT2D eigenvalue weighted by atomic mass is 10.1. The number of aliphatic hydroxyl groups excluding tert-OH is 1. The van der Waals surface area contributed by atoms with Crippen LogP contribution in [0.3, 0.4) is 0 Å². The van der Waals surface area contributed by atoms with Crippen LogP contribution in [0.5, 0.6) is 0 Å². The van der Waals surface area contributed by atoms with Crippen LogP contribution in [-0.2, 0) is 9.53 Å². The highest BCUT2D eigenvalue weighted by Gasteiger charge is 2.31. The van der Waals surface area contributed by atoms with E-state index in [9.17, 15) is 4.79 Å². The molecule has 1 aliphatic heterocycles. The summed E-state index contributed by atoms with van der Waals surface area (Å²) in [5.74, 6) is -0.513. The number of aliphatic hydroxyl groups is 1. The summed E-state index contributed by atoms with van der Waals surface area (Å²) in [6.45, 7) is 5.64. The maximum atomic E-state index is 11.1. The van der Waals surface area contributed by atoms with E-state index >= 15 is 0 Å². The number of carbonyl (C=O) groups is 1. The van der Waals surface area contributed by atoms with Crippen molar-refractivity contribution in [1.29, 1.82) is 0 Å². The van der Waals surface area contributed by atoms with Crippen molar-refractivity contribution in [2.75, 3.05) is 6.54 Å². The summed E-state index contributed by atoms with van der Waals surface area (Å²) in [6.07, 6.45) is -0.722. The molecule has 4 heteroatoms. The molecule has 1 unspecified atom stereocenters. The van der Waals surface area contributed by atoms with E-state index in [1.54, 1.807) is 20.8 Å². The van der Waals surface area contributed by atoms with Gasteiger partial charge in [0.2, 0.25) is 0 Å². The van der Waals surface area contributed by atoms with Crippen LogP contribution in [0, 0.1) is 0 Å². The summed E-state index contributed by atoms with van der Waals surface area (Å²) in [5, 5.41) is 9.04. The molecular formula is C8H13NO3. The van der Waals surface area contributed by atoms with Crippen LogP contribution in [0.25, 0.3) is 0 Å². The van der Waals surface area contributed by atoms with Gasteiger partial charge in [-0.05, 0) is 20.8 Å². The molecule has 1 heterocycles. The van der Waals surface area contributed by atoms with Crippen molar-refractivity contribution in [1.82, 2.24) is 0 Å². The van der Waals surface area contributed by atoms with Crippen LogP contribution in [0.2, 0.25) is 0 Å². The highest BCUT2D eigenvalue weighted by molar-refractivity contribution is 6.40. The molecule has 0 saturated heterocycles. The van der Waals surface area contributed by atoms with Crippen LogP contribution in [-0.4, -0.2) is 35.0 Å². The van der Waals surface area contributed by atoms with Crippen LogP contribution >= 0.6 is 0 Å². The maximum absolute atomic E-state index is 11.1. The van der Waals surface area contributed by atoms with Gasteiger partial charge in [0.25, 0.3) is 0 Å². The molecule has 0 saturated carbocycles. The topological polar surface area (TPSA) is 58.9 Å². The maximum Gasteiger partial charge on any atom is 0.355 e. The van der Waals surface area contributed by atoms with Gasteiger partial charge in [-0.15, -0.1) is 0 Å². The Morgan fingerprint density at radius 2 is 2.25 bits per heavy atom. The van der Waals surface area contributed by atoms with Crippen LogP contribution in [0.1, 0.15) is 20.8 Å². The van der Waals surface area contributed by atoms with Gasteiger partial charge in [0.1, 0.15) is 11.7 Å². The summed E-state index contributed by atoms with van der Waals surface area (Å²) in [5.41, 5.74) is -0.375. The minimum absolute atomic E-state index is 0.143. The standard InChI is InChI=1S/C8H13NO3/c1-8(2,3)12-7(11)6-5(10)4-9-6/h5,10H,4H2,1-3H3. The third kappa shape index (κ3) is 2.04. The monoisotopic (exact) mass is 171 g/mol. The Morgan fingerprint density at radius 1 is 1.67 bits per heavy atom. The molecule has 1 aliphatic rings. The lowest BCUT2D eigenvalue weighted by Gasteiger charge is -2.24. The molecule has 0 aromatic carbocycles. The van der Waals surface area contributed by atoms with Crippen molar-refractivity contribution in [3.8, 4) is 0 Å². The molecule has 0 amide bonds. The lowest BCUT2D eigenvalue weighted by molar-refractivity contribution is -0.147. The summed E-state index contributed by atoms with van der Waals surface area (Å²) < 4.78 is 4.98. The number of hydrogen-bond acceptors (Lipinski definition) is 4. The molecule has 0 fully saturated rings. The highest BCUT2D eigenvalue weighted by atomic mass is 16.6. The van der Waals surface area contributed by atoms with Crippen molar-refractivity contribution in [3.63, 3.8) is 0 Å². The summed E-state index contributed by atoms with van der Waals surface area (Å²) in [6, 6.07) is 0. The van der Waals surface area contributed by atoms with Crippen LogP contribution in [0.4, 0.5) is 0 Å². The van der Waals surface area contributed by atoms with E-state index < -0.39 is 17.7 Å². The predicted octanol–water partition coefficient (Wildman–Crippen LogP) is 0.144. The Morgan fingerprint density at radius 3 is 2.50 bits per heavy atom. The predicted molar refractivity (Wildman–Crippen MR) is 44.2 cm³/mol. The smallest absolute Gasteiger partial charge is 0.355 e. The fraction of sp³-hybridized carbons (Fsp3) is 0.750. The first-order valence-corrected chi connectivity index (χ1v) is 3.86. The third-order valence-corrected chi connectivity index (χ3v) is 1.36. The molecule has 0 bridgehead atoms. The average Bonchev–Trinajstić information content (AvgIpc) is 1.79. The molecule has 12 heavy (non-hydrogen) atoms. The molecule has 0 radical (unpaired) electrons. The zero-order chi connectivity index (χ0) is 9.35. The normalized spacial score (nSPS) is 22.7. The Bertz CT molecular complexity index is 227. The second kappa shape index (κ2) is 2.86. The fourth-order valence-corrected chi connectivity index (χ4v) is 0.795. The van der Waals surface area contributed by atoms with E-state index in [1.165, 1.54) is 0 Å². The van der Waals surface area contributed by atoms with Gasteiger partial charge in [0.05, 0.1) is 6.54 Å². The van der Waals surface area contributed by atoms with Gasteiger partial charge in [-0.3, -0.25) is 4.99 Å². The van der Waals surface area contributed by atoms with E-state index in [0.29, 0.717) is 6.54 Å². The molecule has 0 aromatic heterocycles. The van der Waals surface area contributed by atoms with Crippen molar-refractivity contribution in [2.24, 2.45) is 4.99 Å². The first-order valence-electron chi connectivity index (χ1n) is 3.86. The number of ether oxygens (including phenoxy) is 1. The molecule has 4 nitrogen and oxygen atoms in total. The van der Waals surface area contributed by atoms with E-state index in [1.807, 2.05) is 0 Å². The van der Waals surface area contributed by atoms with Crippen molar-refractivity contribution in [3.05, 3.63) is 0 Å². The van der Waals surface area contributed by atoms with Crippen molar-refractivity contribution >= 4 is 11.7 Å². The number of carbonyl (C=O) groups excluding carboxylic acids is 1. The lowest BCUT2D eigenvalue weighted by Crippen LogP contribution is -2.42. The number of aliphatic imine (C=N–C) groups is 1. The van der Waals surface area contributed by atoms with Crippen molar-refractivity contribution in [2.45, 2.75) is 32.5 Å². The Hall–Kier alpha value is -0.900. The van der Waals surface area contributed by atoms with Gasteiger partial charge in [0, 0.05) is 0 Å². The first-order chi connectivity index (χ1) is 5.40. The summed E-state index contributed by atoms with van der Waals surface area (Å²) in [7, 11) is 0. The number of rotatable bonds is 1. The van der Waals surface area contributed by atoms with Gasteiger partial charge >= 0.3 is 5.97 Å². The minimum Gasteiger partial charge on any atom is -0.455 e. The molecule has 0 spiro atoms. The molecule has 1 atom stereocenters. The third-order valence-electron chi connectivity index (χ3n) is 1.36. The second-order valence-corrected chi connectivity index (χ2v) is 3.74. The van der Waals surface area contributed by atoms with Gasteiger partial charge in [0.15, 0.2) is 5.71 Å². The first kappa shape index (κ1) is 9.19.